The third-order valence-electron chi connectivity index (χ3n) is 5.05. The Hall–Kier alpha value is -1.66. The summed E-state index contributed by atoms with van der Waals surface area (Å²) in [7, 11) is 3.98. The van der Waals surface area contributed by atoms with Crippen molar-refractivity contribution in [2.24, 2.45) is 0 Å². The molecule has 1 amide bonds. The molecule has 1 fully saturated rings. The maximum Gasteiger partial charge on any atom is 0.290 e. The minimum atomic E-state index is -0.128. The number of hydrogen-bond donors (Lipinski definition) is 0. The molecule has 0 radical (unpaired) electrons. The molecular weight excluding hydrogens is 320 g/mol. The van der Waals surface area contributed by atoms with E-state index in [1.54, 1.807) is 0 Å². The van der Waals surface area contributed by atoms with Crippen molar-refractivity contribution in [1.82, 2.24) is 9.80 Å². The number of ether oxygens (including phenoxy) is 1. The van der Waals surface area contributed by atoms with Crippen molar-refractivity contribution in [3.8, 4) is 0 Å². The summed E-state index contributed by atoms with van der Waals surface area (Å²) < 4.78 is 11.6. The second-order valence-electron chi connectivity index (χ2n) is 7.32. The van der Waals surface area contributed by atoms with E-state index < -0.39 is 0 Å². The van der Waals surface area contributed by atoms with Crippen molar-refractivity contribution in [3.63, 3.8) is 0 Å². The summed E-state index contributed by atoms with van der Waals surface area (Å²) in [4.78, 5) is 29.2. The molecule has 1 aliphatic heterocycles. The van der Waals surface area contributed by atoms with Crippen LogP contribution in [0.2, 0.25) is 0 Å². The fraction of sp³-hybridized carbons (Fsp3) is 0.684. The minimum Gasteiger partial charge on any atom is -0.455 e. The van der Waals surface area contributed by atoms with Gasteiger partial charge in [-0.15, -0.1) is 0 Å². The Labute approximate surface area is 149 Å². The maximum absolute atomic E-state index is 13.1. The smallest absolute Gasteiger partial charge is 0.290 e. The first kappa shape index (κ1) is 18.1. The second-order valence-corrected chi connectivity index (χ2v) is 7.32. The van der Waals surface area contributed by atoms with Gasteiger partial charge in [-0.25, -0.2) is 0 Å². The van der Waals surface area contributed by atoms with Crippen LogP contribution in [0.4, 0.5) is 0 Å². The van der Waals surface area contributed by atoms with E-state index in [1.807, 2.05) is 25.9 Å². The van der Waals surface area contributed by atoms with Crippen molar-refractivity contribution in [1.29, 1.82) is 0 Å². The van der Waals surface area contributed by atoms with Crippen LogP contribution in [0.5, 0.6) is 0 Å². The topological polar surface area (TPSA) is 63.0 Å². The van der Waals surface area contributed by atoms with Gasteiger partial charge in [0.05, 0.1) is 11.7 Å². The van der Waals surface area contributed by atoms with Crippen molar-refractivity contribution < 1.29 is 18.7 Å². The SMILES string of the molecule is Cc1c(C(=O)N(CCN(C)C)C[C@H]2CCCO2)oc2c1C(=O)CCC2. The minimum absolute atomic E-state index is 0.0950. The molecule has 1 aliphatic carbocycles. The molecule has 1 aromatic heterocycles. The van der Waals surface area contributed by atoms with E-state index in [-0.39, 0.29) is 17.8 Å². The molecule has 0 unspecified atom stereocenters. The Kier molecular flexibility index (Phi) is 5.59. The molecule has 0 N–H and O–H groups in total. The molecule has 2 heterocycles. The number of fused-ring (bicyclic) bond motifs is 1. The summed E-state index contributed by atoms with van der Waals surface area (Å²) in [6.07, 6.45) is 4.20. The van der Waals surface area contributed by atoms with E-state index in [4.69, 9.17) is 9.15 Å². The number of carbonyl (C=O) groups excluding carboxylic acids is 2. The van der Waals surface area contributed by atoms with Crippen LogP contribution in [0.3, 0.4) is 0 Å². The fourth-order valence-electron chi connectivity index (χ4n) is 3.63. The number of Topliss-reactive ketones (excluding diaryl/α,β-unsaturated/α-hetero) is 1. The summed E-state index contributed by atoms with van der Waals surface area (Å²) in [6.45, 7) is 4.56. The first-order valence-corrected chi connectivity index (χ1v) is 9.18. The van der Waals surface area contributed by atoms with E-state index in [0.717, 1.165) is 38.8 Å². The highest BCUT2D eigenvalue weighted by Gasteiger charge is 2.32. The highest BCUT2D eigenvalue weighted by atomic mass is 16.5. The highest BCUT2D eigenvalue weighted by Crippen LogP contribution is 2.30. The largest absolute Gasteiger partial charge is 0.455 e. The van der Waals surface area contributed by atoms with Crippen LogP contribution in [0.25, 0.3) is 0 Å². The molecule has 0 aromatic carbocycles. The molecule has 3 rings (SSSR count). The van der Waals surface area contributed by atoms with Crippen molar-refractivity contribution in [3.05, 3.63) is 22.6 Å². The fourth-order valence-corrected chi connectivity index (χ4v) is 3.63. The van der Waals surface area contributed by atoms with E-state index in [1.165, 1.54) is 0 Å². The van der Waals surface area contributed by atoms with Gasteiger partial charge < -0.3 is 19.0 Å². The van der Waals surface area contributed by atoms with Gasteiger partial charge in [-0.05, 0) is 40.3 Å². The van der Waals surface area contributed by atoms with Gasteiger partial charge in [0, 0.05) is 44.6 Å². The Morgan fingerprint density at radius 1 is 1.20 bits per heavy atom. The van der Waals surface area contributed by atoms with E-state index in [2.05, 4.69) is 4.90 Å². The number of aryl methyl sites for hydroxylation is 1. The summed E-state index contributed by atoms with van der Waals surface area (Å²) in [5, 5.41) is 0. The molecule has 0 saturated carbocycles. The number of rotatable bonds is 6. The van der Waals surface area contributed by atoms with Gasteiger partial charge >= 0.3 is 0 Å². The Bertz CT molecular complexity index is 644. The summed E-state index contributed by atoms with van der Waals surface area (Å²) in [5.74, 6) is 0.983. The first-order chi connectivity index (χ1) is 12.0. The van der Waals surface area contributed by atoms with Crippen LogP contribution >= 0.6 is 0 Å². The van der Waals surface area contributed by atoms with Crippen LogP contribution in [-0.2, 0) is 11.2 Å². The van der Waals surface area contributed by atoms with Crippen LogP contribution < -0.4 is 0 Å². The van der Waals surface area contributed by atoms with Gasteiger partial charge in [-0.1, -0.05) is 0 Å². The number of hydrogen-bond acceptors (Lipinski definition) is 5. The van der Waals surface area contributed by atoms with Crippen molar-refractivity contribution in [2.45, 2.75) is 45.1 Å². The first-order valence-electron chi connectivity index (χ1n) is 9.18. The van der Waals surface area contributed by atoms with Crippen LogP contribution in [0.1, 0.15) is 57.9 Å². The van der Waals surface area contributed by atoms with Crippen LogP contribution in [0.15, 0.2) is 4.42 Å². The van der Waals surface area contributed by atoms with E-state index >= 15 is 0 Å². The third kappa shape index (κ3) is 3.96. The molecule has 6 nitrogen and oxygen atoms in total. The number of nitrogens with zero attached hydrogens (tertiary/aromatic N) is 2. The molecule has 0 spiro atoms. The van der Waals surface area contributed by atoms with Gasteiger partial charge in [-0.2, -0.15) is 0 Å². The Morgan fingerprint density at radius 3 is 2.64 bits per heavy atom. The molecule has 2 aliphatic rings. The zero-order valence-corrected chi connectivity index (χ0v) is 15.5. The average Bonchev–Trinajstić information content (AvgIpc) is 3.19. The number of ketones is 1. The number of carbonyl (C=O) groups is 2. The quantitative estimate of drug-likeness (QED) is 0.789. The molecule has 138 valence electrons. The maximum atomic E-state index is 13.1. The number of furan rings is 1. The monoisotopic (exact) mass is 348 g/mol. The molecule has 6 heteroatoms. The average molecular weight is 348 g/mol. The van der Waals surface area contributed by atoms with Gasteiger partial charge in [0.2, 0.25) is 0 Å². The van der Waals surface area contributed by atoms with Crippen molar-refractivity contribution in [2.75, 3.05) is 40.3 Å². The van der Waals surface area contributed by atoms with E-state index in [9.17, 15) is 9.59 Å². The highest BCUT2D eigenvalue weighted by molar-refractivity contribution is 6.03. The summed E-state index contributed by atoms with van der Waals surface area (Å²) >= 11 is 0. The molecule has 1 aromatic rings. The lowest BCUT2D eigenvalue weighted by Crippen LogP contribution is -2.41. The molecular formula is C19H28N2O4. The second kappa shape index (κ2) is 7.70. The lowest BCUT2D eigenvalue weighted by Gasteiger charge is -2.26. The summed E-state index contributed by atoms with van der Waals surface area (Å²) in [6, 6.07) is 0. The molecule has 25 heavy (non-hydrogen) atoms. The van der Waals surface area contributed by atoms with Gasteiger partial charge in [-0.3, -0.25) is 9.59 Å². The van der Waals surface area contributed by atoms with Crippen LogP contribution in [-0.4, -0.2) is 67.9 Å². The molecule has 1 atom stereocenters. The van der Waals surface area contributed by atoms with Gasteiger partial charge in [0.25, 0.3) is 5.91 Å². The van der Waals surface area contributed by atoms with E-state index in [0.29, 0.717) is 42.2 Å². The summed E-state index contributed by atoms with van der Waals surface area (Å²) in [5.41, 5.74) is 1.34. The van der Waals surface area contributed by atoms with Crippen LogP contribution in [0, 0.1) is 6.92 Å². The standard InChI is InChI=1S/C19H28N2O4/c1-13-17-15(22)7-4-8-16(17)25-18(13)19(23)21(10-9-20(2)3)12-14-6-5-11-24-14/h14H,4-12H2,1-3H3/t14-/m1/s1. The zero-order chi connectivity index (χ0) is 18.0. The van der Waals surface area contributed by atoms with Gasteiger partial charge in [0.15, 0.2) is 11.5 Å². The Morgan fingerprint density at radius 2 is 2.00 bits per heavy atom. The predicted molar refractivity (Wildman–Crippen MR) is 94.1 cm³/mol. The predicted octanol–water partition coefficient (Wildman–Crippen LogP) is 2.29. The molecule has 1 saturated heterocycles. The lowest BCUT2D eigenvalue weighted by molar-refractivity contribution is 0.0487. The number of likely N-dealkylation sites (N-methyl/N-ethyl adjacent to an activating group) is 1. The third-order valence-corrected chi connectivity index (χ3v) is 5.05. The van der Waals surface area contributed by atoms with Gasteiger partial charge in [0.1, 0.15) is 5.76 Å². The normalized spacial score (nSPS) is 20.2. The number of amides is 1. The molecule has 0 bridgehead atoms. The lowest BCUT2D eigenvalue weighted by atomic mass is 9.94. The zero-order valence-electron chi connectivity index (χ0n) is 15.5. The Balaban J connectivity index is 1.82. The van der Waals surface area contributed by atoms with Crippen molar-refractivity contribution >= 4 is 11.7 Å².